The van der Waals surface area contributed by atoms with Gasteiger partial charge in [-0.1, -0.05) is 29.8 Å². The molecular weight excluding hydrogens is 369 g/mol. The van der Waals surface area contributed by atoms with Crippen molar-refractivity contribution >= 4 is 17.5 Å². The van der Waals surface area contributed by atoms with Crippen LogP contribution in [0.3, 0.4) is 0 Å². The number of nitrogens with zero attached hydrogens (tertiary/aromatic N) is 1. The van der Waals surface area contributed by atoms with E-state index in [0.29, 0.717) is 0 Å². The van der Waals surface area contributed by atoms with Gasteiger partial charge in [-0.2, -0.15) is 0 Å². The fourth-order valence-corrected chi connectivity index (χ4v) is 3.29. The van der Waals surface area contributed by atoms with E-state index in [1.54, 1.807) is 31.0 Å². The Kier molecular flexibility index (Phi) is 7.51. The zero-order valence-electron chi connectivity index (χ0n) is 18.0. The molecule has 5 nitrogen and oxygen atoms in total. The van der Waals surface area contributed by atoms with Crippen molar-refractivity contribution in [3.05, 3.63) is 64.5 Å². The average molecular weight is 400 g/mol. The molecule has 0 spiro atoms. The smallest absolute Gasteiger partial charge is 0.238 e. The highest BCUT2D eigenvalue weighted by atomic mass is 19.1. The van der Waals surface area contributed by atoms with Crippen LogP contribution in [-0.2, 0) is 9.59 Å². The zero-order valence-corrected chi connectivity index (χ0v) is 18.0. The van der Waals surface area contributed by atoms with E-state index in [4.69, 9.17) is 0 Å². The normalized spacial score (nSPS) is 13.1. The lowest BCUT2D eigenvalue weighted by molar-refractivity contribution is -0.127. The summed E-state index contributed by atoms with van der Waals surface area (Å²) in [6.45, 7) is 9.63. The molecule has 156 valence electrons. The van der Waals surface area contributed by atoms with Gasteiger partial charge in [0.25, 0.3) is 0 Å². The van der Waals surface area contributed by atoms with Gasteiger partial charge in [-0.05, 0) is 70.5 Å². The molecule has 6 heteroatoms. The Balaban J connectivity index is 1.93. The van der Waals surface area contributed by atoms with E-state index in [2.05, 4.69) is 10.6 Å². The molecule has 2 aromatic rings. The molecule has 0 aromatic heterocycles. The first kappa shape index (κ1) is 22.6. The molecule has 0 bridgehead atoms. The quantitative estimate of drug-likeness (QED) is 0.743. The molecule has 0 aliphatic heterocycles. The Bertz CT molecular complexity index is 857. The Hall–Kier alpha value is -2.73. The van der Waals surface area contributed by atoms with Crippen molar-refractivity contribution in [2.75, 3.05) is 18.9 Å². The Morgan fingerprint density at radius 1 is 1.03 bits per heavy atom. The molecular formula is C23H30FN3O2. The number of halogens is 1. The van der Waals surface area contributed by atoms with E-state index in [9.17, 15) is 14.0 Å². The molecule has 0 saturated carbocycles. The Labute approximate surface area is 172 Å². The van der Waals surface area contributed by atoms with E-state index in [1.165, 1.54) is 12.1 Å². The number of amides is 2. The number of carbonyl (C=O) groups excluding carboxylic acids is 2. The van der Waals surface area contributed by atoms with Crippen molar-refractivity contribution in [1.82, 2.24) is 10.2 Å². The van der Waals surface area contributed by atoms with Crippen LogP contribution in [0.1, 0.15) is 42.1 Å². The van der Waals surface area contributed by atoms with Crippen LogP contribution < -0.4 is 10.6 Å². The van der Waals surface area contributed by atoms with Gasteiger partial charge in [0, 0.05) is 5.69 Å². The largest absolute Gasteiger partial charge is 0.348 e. The molecule has 0 fully saturated rings. The number of hydrogen-bond acceptors (Lipinski definition) is 3. The number of anilines is 1. The van der Waals surface area contributed by atoms with Crippen LogP contribution in [0.5, 0.6) is 0 Å². The summed E-state index contributed by atoms with van der Waals surface area (Å²) in [7, 11) is 1.74. The second kappa shape index (κ2) is 9.65. The highest BCUT2D eigenvalue weighted by molar-refractivity contribution is 5.94. The molecule has 2 N–H and O–H groups in total. The molecule has 0 aliphatic carbocycles. The third-order valence-corrected chi connectivity index (χ3v) is 5.10. The lowest BCUT2D eigenvalue weighted by atomic mass is 10.1. The molecule has 0 aliphatic rings. The summed E-state index contributed by atoms with van der Waals surface area (Å²) < 4.78 is 13.1. The van der Waals surface area contributed by atoms with E-state index in [-0.39, 0.29) is 30.2 Å². The van der Waals surface area contributed by atoms with Crippen LogP contribution in [-0.4, -0.2) is 36.3 Å². The fourth-order valence-electron chi connectivity index (χ4n) is 3.29. The average Bonchev–Trinajstić information content (AvgIpc) is 2.64. The maximum atomic E-state index is 13.1. The minimum Gasteiger partial charge on any atom is -0.348 e. The molecule has 2 unspecified atom stereocenters. The second-order valence-corrected chi connectivity index (χ2v) is 7.69. The predicted molar refractivity (Wildman–Crippen MR) is 114 cm³/mol. The van der Waals surface area contributed by atoms with Crippen molar-refractivity contribution in [2.24, 2.45) is 0 Å². The van der Waals surface area contributed by atoms with Crippen LogP contribution >= 0.6 is 0 Å². The number of aryl methyl sites for hydroxylation is 3. The lowest BCUT2D eigenvalue weighted by Gasteiger charge is -2.25. The molecule has 2 atom stereocenters. The van der Waals surface area contributed by atoms with Gasteiger partial charge in [0.15, 0.2) is 0 Å². The number of benzene rings is 2. The first-order valence-corrected chi connectivity index (χ1v) is 9.72. The maximum absolute atomic E-state index is 13.1. The van der Waals surface area contributed by atoms with Gasteiger partial charge in [0.05, 0.1) is 18.6 Å². The van der Waals surface area contributed by atoms with Gasteiger partial charge in [0.1, 0.15) is 5.82 Å². The topological polar surface area (TPSA) is 61.4 Å². The maximum Gasteiger partial charge on any atom is 0.238 e. The molecule has 2 rings (SSSR count). The van der Waals surface area contributed by atoms with Crippen molar-refractivity contribution in [3.63, 3.8) is 0 Å². The minimum absolute atomic E-state index is 0.0896. The third kappa shape index (κ3) is 6.12. The van der Waals surface area contributed by atoms with Gasteiger partial charge in [-0.3, -0.25) is 14.5 Å². The van der Waals surface area contributed by atoms with Crippen LogP contribution in [0.2, 0.25) is 0 Å². The summed E-state index contributed by atoms with van der Waals surface area (Å²) in [6.07, 6.45) is 0. The van der Waals surface area contributed by atoms with Gasteiger partial charge in [-0.15, -0.1) is 0 Å². The zero-order chi connectivity index (χ0) is 21.7. The van der Waals surface area contributed by atoms with Crippen LogP contribution in [0.25, 0.3) is 0 Å². The fraction of sp³-hybridized carbons (Fsp3) is 0.391. The van der Waals surface area contributed by atoms with Crippen molar-refractivity contribution in [1.29, 1.82) is 0 Å². The highest BCUT2D eigenvalue weighted by Gasteiger charge is 2.22. The van der Waals surface area contributed by atoms with E-state index >= 15 is 0 Å². The second-order valence-electron chi connectivity index (χ2n) is 7.69. The molecule has 0 saturated heterocycles. The predicted octanol–water partition coefficient (Wildman–Crippen LogP) is 3.89. The number of rotatable bonds is 7. The van der Waals surface area contributed by atoms with Gasteiger partial charge in [-0.25, -0.2) is 4.39 Å². The van der Waals surface area contributed by atoms with Crippen LogP contribution in [0.15, 0.2) is 36.4 Å². The Morgan fingerprint density at radius 2 is 1.59 bits per heavy atom. The highest BCUT2D eigenvalue weighted by Crippen LogP contribution is 2.22. The number of carbonyl (C=O) groups is 2. The standard InChI is InChI=1S/C23H30FN3O2/c1-14-11-15(2)22(16(3)12-14)26-21(28)13-27(6)18(5)23(29)25-17(4)19-7-9-20(24)10-8-19/h7-12,17-18H,13H2,1-6H3,(H,25,29)(H,26,28). The SMILES string of the molecule is Cc1cc(C)c(NC(=O)CN(C)C(C)C(=O)NC(C)c2ccc(F)cc2)c(C)c1. The van der Waals surface area contributed by atoms with Crippen molar-refractivity contribution < 1.29 is 14.0 Å². The lowest BCUT2D eigenvalue weighted by Crippen LogP contribution is -2.46. The third-order valence-electron chi connectivity index (χ3n) is 5.10. The summed E-state index contributed by atoms with van der Waals surface area (Å²) >= 11 is 0. The Morgan fingerprint density at radius 3 is 2.14 bits per heavy atom. The van der Waals surface area contributed by atoms with Crippen molar-refractivity contribution in [3.8, 4) is 0 Å². The van der Waals surface area contributed by atoms with Gasteiger partial charge >= 0.3 is 0 Å². The van der Waals surface area contributed by atoms with Gasteiger partial charge in [0.2, 0.25) is 11.8 Å². The first-order chi connectivity index (χ1) is 13.6. The van der Waals surface area contributed by atoms with Crippen LogP contribution in [0.4, 0.5) is 10.1 Å². The van der Waals surface area contributed by atoms with Gasteiger partial charge < -0.3 is 10.6 Å². The molecule has 0 heterocycles. The molecule has 2 aromatic carbocycles. The summed E-state index contributed by atoms with van der Waals surface area (Å²) in [5.41, 5.74) is 4.80. The summed E-state index contributed by atoms with van der Waals surface area (Å²) in [6, 6.07) is 9.33. The monoisotopic (exact) mass is 399 g/mol. The van der Waals surface area contributed by atoms with E-state index in [1.807, 2.05) is 39.8 Å². The van der Waals surface area contributed by atoms with Crippen LogP contribution in [0, 0.1) is 26.6 Å². The van der Waals surface area contributed by atoms with E-state index in [0.717, 1.165) is 27.9 Å². The number of likely N-dealkylation sites (N-methyl/N-ethyl adjacent to an activating group) is 1. The molecule has 29 heavy (non-hydrogen) atoms. The summed E-state index contributed by atoms with van der Waals surface area (Å²) in [5, 5.41) is 5.86. The number of nitrogens with one attached hydrogen (secondary N) is 2. The molecule has 0 radical (unpaired) electrons. The first-order valence-electron chi connectivity index (χ1n) is 9.72. The number of hydrogen-bond donors (Lipinski definition) is 2. The van der Waals surface area contributed by atoms with E-state index < -0.39 is 6.04 Å². The van der Waals surface area contributed by atoms with Crippen molar-refractivity contribution in [2.45, 2.75) is 46.7 Å². The summed E-state index contributed by atoms with van der Waals surface area (Å²) in [5.74, 6) is -0.681. The summed E-state index contributed by atoms with van der Waals surface area (Å²) in [4.78, 5) is 26.8. The minimum atomic E-state index is -0.496. The molecule has 2 amide bonds.